The number of rotatable bonds is 7. The van der Waals surface area contributed by atoms with Gasteiger partial charge in [0.1, 0.15) is 6.54 Å². The van der Waals surface area contributed by atoms with Gasteiger partial charge in [0, 0.05) is 12.6 Å². The highest BCUT2D eigenvalue weighted by Crippen LogP contribution is 2.35. The maximum Gasteiger partial charge on any atom is 0.335 e. The molecule has 0 fully saturated rings. The zero-order valence-corrected chi connectivity index (χ0v) is 19.0. The number of anilines is 2. The van der Waals surface area contributed by atoms with Crippen LogP contribution in [0.4, 0.5) is 11.4 Å². The Morgan fingerprint density at radius 1 is 0.941 bits per heavy atom. The molecule has 1 heterocycles. The highest BCUT2D eigenvalue weighted by Gasteiger charge is 2.32. The summed E-state index contributed by atoms with van der Waals surface area (Å²) in [5, 5.41) is 9.43. The Kier molecular flexibility index (Phi) is 6.87. The average Bonchev–Trinajstić information content (AvgIpc) is 2.87. The van der Waals surface area contributed by atoms with Gasteiger partial charge >= 0.3 is 5.97 Å². The lowest BCUT2D eigenvalue weighted by molar-refractivity contribution is -0.120. The molecule has 1 aliphatic heterocycles. The van der Waals surface area contributed by atoms with Crippen LogP contribution in [0.25, 0.3) is 17.2 Å². The van der Waals surface area contributed by atoms with Gasteiger partial charge in [0.05, 0.1) is 16.9 Å². The predicted molar refractivity (Wildman–Crippen MR) is 134 cm³/mol. The molecule has 4 rings (SSSR count). The lowest BCUT2D eigenvalue weighted by atomic mass is 10.0. The van der Waals surface area contributed by atoms with E-state index in [1.165, 1.54) is 23.1 Å². The molecule has 0 saturated carbocycles. The lowest BCUT2D eigenvalue weighted by Gasteiger charge is -2.36. The molecule has 0 radical (unpaired) electrons. The molecular weight excluding hydrogens is 428 g/mol. The molecule has 0 spiro atoms. The maximum absolute atomic E-state index is 13.1. The van der Waals surface area contributed by atoms with Gasteiger partial charge in [0.15, 0.2) is 0 Å². The summed E-state index contributed by atoms with van der Waals surface area (Å²) in [4.78, 5) is 40.4. The number of aromatic carboxylic acids is 1. The molecule has 0 bridgehead atoms. The molecule has 1 aliphatic rings. The Labute approximate surface area is 198 Å². The molecule has 1 N–H and O–H groups in total. The molecule has 3 aromatic rings. The standard InChI is InChI=1S/C28H26N2O4/c1-2-3-17-29-24-15-14-23(28(33)34)18-25(24)30(19-27(29)32)26(31)16-11-20-9-12-22(13-10-20)21-7-5-4-6-8-21/h4-16,18H,2-3,17,19H2,1H3,(H,33,34)/b16-11+. The molecule has 6 heteroatoms. The summed E-state index contributed by atoms with van der Waals surface area (Å²) in [6, 6.07) is 22.4. The molecule has 0 aromatic heterocycles. The van der Waals surface area contributed by atoms with Crippen molar-refractivity contribution < 1.29 is 19.5 Å². The normalized spacial score (nSPS) is 13.3. The summed E-state index contributed by atoms with van der Waals surface area (Å²) >= 11 is 0. The van der Waals surface area contributed by atoms with Crippen LogP contribution in [-0.2, 0) is 9.59 Å². The van der Waals surface area contributed by atoms with E-state index < -0.39 is 5.97 Å². The van der Waals surface area contributed by atoms with E-state index in [0.717, 1.165) is 29.5 Å². The third-order valence-corrected chi connectivity index (χ3v) is 5.84. The number of amides is 2. The van der Waals surface area contributed by atoms with Gasteiger partial charge in [-0.1, -0.05) is 67.9 Å². The van der Waals surface area contributed by atoms with Crippen molar-refractivity contribution in [3.63, 3.8) is 0 Å². The molecule has 0 atom stereocenters. The quantitative estimate of drug-likeness (QED) is 0.495. The molecular formula is C28H26N2O4. The zero-order chi connectivity index (χ0) is 24.1. The first-order valence-electron chi connectivity index (χ1n) is 11.3. The first kappa shape index (κ1) is 23.0. The van der Waals surface area contributed by atoms with Gasteiger partial charge < -0.3 is 10.0 Å². The van der Waals surface area contributed by atoms with Gasteiger partial charge in [0.25, 0.3) is 5.91 Å². The van der Waals surface area contributed by atoms with Crippen LogP contribution in [-0.4, -0.2) is 36.0 Å². The van der Waals surface area contributed by atoms with Gasteiger partial charge in [-0.2, -0.15) is 0 Å². The summed E-state index contributed by atoms with van der Waals surface area (Å²) < 4.78 is 0. The summed E-state index contributed by atoms with van der Waals surface area (Å²) in [5.74, 6) is -1.64. The van der Waals surface area contributed by atoms with Gasteiger partial charge in [-0.05, 0) is 47.4 Å². The van der Waals surface area contributed by atoms with E-state index in [0.29, 0.717) is 17.9 Å². The van der Waals surface area contributed by atoms with E-state index in [9.17, 15) is 19.5 Å². The molecule has 0 aliphatic carbocycles. The topological polar surface area (TPSA) is 77.9 Å². The number of benzene rings is 3. The Hall–Kier alpha value is -4.19. The summed E-state index contributed by atoms with van der Waals surface area (Å²) in [6.07, 6.45) is 4.86. The first-order valence-corrected chi connectivity index (χ1v) is 11.3. The number of nitrogens with zero attached hydrogens (tertiary/aromatic N) is 2. The van der Waals surface area contributed by atoms with E-state index in [-0.39, 0.29) is 23.9 Å². The lowest BCUT2D eigenvalue weighted by Crippen LogP contribution is -2.48. The second kappa shape index (κ2) is 10.2. The van der Waals surface area contributed by atoms with E-state index >= 15 is 0 Å². The van der Waals surface area contributed by atoms with Crippen LogP contribution in [0.15, 0.2) is 78.9 Å². The number of carbonyl (C=O) groups excluding carboxylic acids is 2. The smallest absolute Gasteiger partial charge is 0.335 e. The Morgan fingerprint density at radius 2 is 1.65 bits per heavy atom. The van der Waals surface area contributed by atoms with E-state index in [2.05, 4.69) is 0 Å². The first-order chi connectivity index (χ1) is 16.5. The Balaban J connectivity index is 1.58. The van der Waals surface area contributed by atoms with Gasteiger partial charge in [0.2, 0.25) is 5.91 Å². The molecule has 0 unspecified atom stereocenters. The van der Waals surface area contributed by atoms with Crippen LogP contribution >= 0.6 is 0 Å². The predicted octanol–water partition coefficient (Wildman–Crippen LogP) is 5.24. The number of hydrogen-bond donors (Lipinski definition) is 1. The highest BCUT2D eigenvalue weighted by molar-refractivity contribution is 6.15. The van der Waals surface area contributed by atoms with Crippen LogP contribution in [0.1, 0.15) is 35.7 Å². The van der Waals surface area contributed by atoms with Crippen LogP contribution in [0.3, 0.4) is 0 Å². The minimum atomic E-state index is -1.08. The summed E-state index contributed by atoms with van der Waals surface area (Å²) in [5.41, 5.74) is 4.10. The van der Waals surface area contributed by atoms with Gasteiger partial charge in [-0.25, -0.2) is 4.79 Å². The average molecular weight is 455 g/mol. The molecule has 3 aromatic carbocycles. The molecule has 0 saturated heterocycles. The van der Waals surface area contributed by atoms with Crippen molar-refractivity contribution in [2.45, 2.75) is 19.8 Å². The fourth-order valence-electron chi connectivity index (χ4n) is 3.97. The zero-order valence-electron chi connectivity index (χ0n) is 19.0. The van der Waals surface area contributed by atoms with Crippen molar-refractivity contribution in [1.82, 2.24) is 0 Å². The van der Waals surface area contributed by atoms with Gasteiger partial charge in [-0.15, -0.1) is 0 Å². The van der Waals surface area contributed by atoms with Crippen LogP contribution < -0.4 is 9.80 Å². The van der Waals surface area contributed by atoms with Crippen molar-refractivity contribution in [2.75, 3.05) is 22.9 Å². The third-order valence-electron chi connectivity index (χ3n) is 5.84. The number of carboxylic acid groups (broad SMARTS) is 1. The highest BCUT2D eigenvalue weighted by atomic mass is 16.4. The van der Waals surface area contributed by atoms with Crippen LogP contribution in [0.5, 0.6) is 0 Å². The number of hydrogen-bond acceptors (Lipinski definition) is 3. The monoisotopic (exact) mass is 454 g/mol. The van der Waals surface area contributed by atoms with E-state index in [1.54, 1.807) is 17.0 Å². The number of carbonyl (C=O) groups is 3. The van der Waals surface area contributed by atoms with Crippen LogP contribution in [0, 0.1) is 0 Å². The fourth-order valence-corrected chi connectivity index (χ4v) is 3.97. The number of unbranched alkanes of at least 4 members (excludes halogenated alkanes) is 1. The second-order valence-electron chi connectivity index (χ2n) is 8.15. The van der Waals surface area contributed by atoms with Gasteiger partial charge in [-0.3, -0.25) is 14.5 Å². The van der Waals surface area contributed by atoms with E-state index in [1.807, 2.05) is 61.5 Å². The van der Waals surface area contributed by atoms with Crippen molar-refractivity contribution in [2.24, 2.45) is 0 Å². The minimum Gasteiger partial charge on any atom is -0.478 e. The molecule has 34 heavy (non-hydrogen) atoms. The largest absolute Gasteiger partial charge is 0.478 e. The summed E-state index contributed by atoms with van der Waals surface area (Å²) in [6.45, 7) is 2.44. The second-order valence-corrected chi connectivity index (χ2v) is 8.15. The third kappa shape index (κ3) is 4.91. The van der Waals surface area contributed by atoms with Crippen molar-refractivity contribution in [1.29, 1.82) is 0 Å². The van der Waals surface area contributed by atoms with Crippen molar-refractivity contribution in [3.05, 3.63) is 90.0 Å². The number of fused-ring (bicyclic) bond motifs is 1. The number of carboxylic acids is 1. The Bertz CT molecular complexity index is 1230. The fraction of sp³-hybridized carbons (Fsp3) is 0.179. The van der Waals surface area contributed by atoms with E-state index in [4.69, 9.17) is 0 Å². The minimum absolute atomic E-state index is 0.0711. The summed E-state index contributed by atoms with van der Waals surface area (Å²) in [7, 11) is 0. The molecule has 6 nitrogen and oxygen atoms in total. The van der Waals surface area contributed by atoms with Crippen molar-refractivity contribution >= 4 is 35.2 Å². The van der Waals surface area contributed by atoms with Crippen molar-refractivity contribution in [3.8, 4) is 11.1 Å². The maximum atomic E-state index is 13.1. The SMILES string of the molecule is CCCCN1C(=O)CN(C(=O)/C=C/c2ccc(-c3ccccc3)cc2)c2cc(C(=O)O)ccc21. The molecule has 172 valence electrons. The van der Waals surface area contributed by atoms with Crippen LogP contribution in [0.2, 0.25) is 0 Å². The molecule has 2 amide bonds. The Morgan fingerprint density at radius 3 is 2.32 bits per heavy atom.